The molecule has 0 saturated heterocycles. The number of carboxylic acids is 1. The van der Waals surface area contributed by atoms with E-state index in [4.69, 9.17) is 9.84 Å². The molecule has 0 saturated carbocycles. The molecule has 5 heteroatoms. The van der Waals surface area contributed by atoms with Gasteiger partial charge in [-0.25, -0.2) is 0 Å². The molecule has 1 aromatic carbocycles. The number of ether oxygens (including phenoxy) is 1. The highest BCUT2D eigenvalue weighted by Crippen LogP contribution is 2.14. The van der Waals surface area contributed by atoms with Crippen LogP contribution in [0.4, 0.5) is 0 Å². The van der Waals surface area contributed by atoms with E-state index in [1.54, 1.807) is 25.3 Å². The van der Waals surface area contributed by atoms with E-state index in [-0.39, 0.29) is 19.0 Å². The van der Waals surface area contributed by atoms with Crippen LogP contribution in [-0.2, 0) is 16.1 Å². The molecule has 92 valence electrons. The van der Waals surface area contributed by atoms with Crippen LogP contribution < -0.4 is 4.74 Å². The van der Waals surface area contributed by atoms with Crippen LogP contribution >= 0.6 is 0 Å². The summed E-state index contributed by atoms with van der Waals surface area (Å²) in [6.07, 6.45) is 0. The number of carbonyl (C=O) groups is 2. The average molecular weight is 237 g/mol. The molecule has 1 N–H and O–H groups in total. The van der Waals surface area contributed by atoms with Crippen molar-refractivity contribution in [2.45, 2.75) is 13.5 Å². The zero-order valence-corrected chi connectivity index (χ0v) is 9.84. The molecular formula is C12H15NO4. The Labute approximate surface area is 99.6 Å². The van der Waals surface area contributed by atoms with Gasteiger partial charge in [0.25, 0.3) is 0 Å². The maximum atomic E-state index is 11.3. The van der Waals surface area contributed by atoms with Gasteiger partial charge in [-0.3, -0.25) is 9.59 Å². The van der Waals surface area contributed by atoms with Gasteiger partial charge in [0.05, 0.1) is 7.11 Å². The lowest BCUT2D eigenvalue weighted by molar-refractivity contribution is -0.144. The monoisotopic (exact) mass is 237 g/mol. The Bertz CT molecular complexity index is 417. The standard InChI is InChI=1S/C12H15NO4/c1-9(14)13(8-12(15)16)7-10-4-3-5-11(6-10)17-2/h3-6H,7-8H2,1-2H3,(H,15,16). The molecule has 1 rings (SSSR count). The van der Waals surface area contributed by atoms with Crippen molar-refractivity contribution >= 4 is 11.9 Å². The highest BCUT2D eigenvalue weighted by molar-refractivity contribution is 5.79. The fraction of sp³-hybridized carbons (Fsp3) is 0.333. The summed E-state index contributed by atoms with van der Waals surface area (Å²) < 4.78 is 5.06. The summed E-state index contributed by atoms with van der Waals surface area (Å²) in [5, 5.41) is 8.69. The van der Waals surface area contributed by atoms with Crippen molar-refractivity contribution < 1.29 is 19.4 Å². The van der Waals surface area contributed by atoms with E-state index in [2.05, 4.69) is 0 Å². The predicted molar refractivity (Wildman–Crippen MR) is 61.7 cm³/mol. The smallest absolute Gasteiger partial charge is 0.323 e. The second-order valence-electron chi connectivity index (χ2n) is 3.62. The van der Waals surface area contributed by atoms with Crippen LogP contribution in [0.3, 0.4) is 0 Å². The first-order valence-corrected chi connectivity index (χ1v) is 5.13. The minimum Gasteiger partial charge on any atom is -0.497 e. The molecule has 0 radical (unpaired) electrons. The van der Waals surface area contributed by atoms with E-state index < -0.39 is 5.97 Å². The Hall–Kier alpha value is -2.04. The zero-order chi connectivity index (χ0) is 12.8. The summed E-state index contributed by atoms with van der Waals surface area (Å²) in [6.45, 7) is 1.31. The van der Waals surface area contributed by atoms with Crippen molar-refractivity contribution in [1.29, 1.82) is 0 Å². The number of hydrogen-bond acceptors (Lipinski definition) is 3. The van der Waals surface area contributed by atoms with Gasteiger partial charge in [-0.1, -0.05) is 12.1 Å². The van der Waals surface area contributed by atoms with Gasteiger partial charge in [-0.2, -0.15) is 0 Å². The van der Waals surface area contributed by atoms with Gasteiger partial charge < -0.3 is 14.7 Å². The Balaban J connectivity index is 2.78. The van der Waals surface area contributed by atoms with Crippen LogP contribution in [0.5, 0.6) is 5.75 Å². The topological polar surface area (TPSA) is 66.8 Å². The molecule has 1 amide bonds. The van der Waals surface area contributed by atoms with Gasteiger partial charge in [0.2, 0.25) is 5.91 Å². The van der Waals surface area contributed by atoms with Gasteiger partial charge in [-0.15, -0.1) is 0 Å². The molecule has 0 aliphatic heterocycles. The Morgan fingerprint density at radius 3 is 2.65 bits per heavy atom. The van der Waals surface area contributed by atoms with Gasteiger partial charge >= 0.3 is 5.97 Å². The minimum atomic E-state index is -1.02. The molecule has 0 fully saturated rings. The van der Waals surface area contributed by atoms with Gasteiger partial charge in [0.15, 0.2) is 0 Å². The lowest BCUT2D eigenvalue weighted by atomic mass is 10.2. The van der Waals surface area contributed by atoms with Crippen LogP contribution in [0.2, 0.25) is 0 Å². The third-order valence-corrected chi connectivity index (χ3v) is 2.28. The molecule has 0 atom stereocenters. The van der Waals surface area contributed by atoms with E-state index >= 15 is 0 Å². The fourth-order valence-corrected chi connectivity index (χ4v) is 1.43. The quantitative estimate of drug-likeness (QED) is 0.833. The number of carbonyl (C=O) groups excluding carboxylic acids is 1. The first kappa shape index (κ1) is 13.0. The summed E-state index contributed by atoms with van der Waals surface area (Å²) in [6, 6.07) is 7.18. The number of carboxylic acid groups (broad SMARTS) is 1. The van der Waals surface area contributed by atoms with Crippen LogP contribution in [0, 0.1) is 0 Å². The SMILES string of the molecule is COc1cccc(CN(CC(=O)O)C(C)=O)c1. The molecule has 17 heavy (non-hydrogen) atoms. The summed E-state index contributed by atoms with van der Waals surface area (Å²) in [5.41, 5.74) is 0.834. The number of nitrogens with zero attached hydrogens (tertiary/aromatic N) is 1. The van der Waals surface area contributed by atoms with Crippen molar-refractivity contribution in [3.63, 3.8) is 0 Å². The number of aliphatic carboxylic acids is 1. The second kappa shape index (κ2) is 5.89. The highest BCUT2D eigenvalue weighted by atomic mass is 16.5. The molecule has 0 aliphatic carbocycles. The summed E-state index contributed by atoms with van der Waals surface area (Å²) in [4.78, 5) is 23.1. The van der Waals surface area contributed by atoms with Gasteiger partial charge in [0.1, 0.15) is 12.3 Å². The first-order valence-electron chi connectivity index (χ1n) is 5.13. The molecular weight excluding hydrogens is 222 g/mol. The fourth-order valence-electron chi connectivity index (χ4n) is 1.43. The van der Waals surface area contributed by atoms with Gasteiger partial charge in [-0.05, 0) is 17.7 Å². The van der Waals surface area contributed by atoms with E-state index in [0.29, 0.717) is 5.75 Å². The largest absolute Gasteiger partial charge is 0.497 e. The van der Waals surface area contributed by atoms with E-state index in [1.165, 1.54) is 11.8 Å². The third-order valence-electron chi connectivity index (χ3n) is 2.28. The molecule has 0 heterocycles. The minimum absolute atomic E-state index is 0.263. The molecule has 5 nitrogen and oxygen atoms in total. The number of hydrogen-bond donors (Lipinski definition) is 1. The summed E-state index contributed by atoms with van der Waals surface area (Å²) in [7, 11) is 1.55. The second-order valence-corrected chi connectivity index (χ2v) is 3.62. The zero-order valence-electron chi connectivity index (χ0n) is 9.84. The first-order chi connectivity index (χ1) is 8.02. The molecule has 0 bridgehead atoms. The summed E-state index contributed by atoms with van der Waals surface area (Å²) >= 11 is 0. The van der Waals surface area contributed by atoms with Crippen LogP contribution in [-0.4, -0.2) is 35.5 Å². The highest BCUT2D eigenvalue weighted by Gasteiger charge is 2.13. The van der Waals surface area contributed by atoms with Crippen molar-refractivity contribution in [3.8, 4) is 5.75 Å². The predicted octanol–water partition coefficient (Wildman–Crippen LogP) is 1.13. The normalized spacial score (nSPS) is 9.76. The Morgan fingerprint density at radius 2 is 2.12 bits per heavy atom. The van der Waals surface area contributed by atoms with E-state index in [9.17, 15) is 9.59 Å². The Kier molecular flexibility index (Phi) is 4.51. The molecule has 0 aromatic heterocycles. The Morgan fingerprint density at radius 1 is 1.41 bits per heavy atom. The van der Waals surface area contributed by atoms with E-state index in [1.807, 2.05) is 6.07 Å². The molecule has 0 unspecified atom stereocenters. The molecule has 1 aromatic rings. The van der Waals surface area contributed by atoms with Crippen LogP contribution in [0.25, 0.3) is 0 Å². The number of rotatable bonds is 5. The lowest BCUT2D eigenvalue weighted by Gasteiger charge is -2.19. The third kappa shape index (κ3) is 4.14. The maximum absolute atomic E-state index is 11.3. The van der Waals surface area contributed by atoms with Crippen LogP contribution in [0.1, 0.15) is 12.5 Å². The number of benzene rings is 1. The average Bonchev–Trinajstić information content (AvgIpc) is 2.27. The summed E-state index contributed by atoms with van der Waals surface area (Å²) in [5.74, 6) is -0.611. The van der Waals surface area contributed by atoms with Gasteiger partial charge in [0, 0.05) is 13.5 Å². The van der Waals surface area contributed by atoms with Crippen molar-refractivity contribution in [2.75, 3.05) is 13.7 Å². The van der Waals surface area contributed by atoms with Crippen molar-refractivity contribution in [1.82, 2.24) is 4.90 Å². The molecule has 0 aliphatic rings. The van der Waals surface area contributed by atoms with E-state index in [0.717, 1.165) is 5.56 Å². The number of amides is 1. The molecule has 0 spiro atoms. The van der Waals surface area contributed by atoms with Crippen LogP contribution in [0.15, 0.2) is 24.3 Å². The van der Waals surface area contributed by atoms with Crippen molar-refractivity contribution in [2.24, 2.45) is 0 Å². The maximum Gasteiger partial charge on any atom is 0.323 e. The number of methoxy groups -OCH3 is 1. The van der Waals surface area contributed by atoms with Crippen molar-refractivity contribution in [3.05, 3.63) is 29.8 Å². The lowest BCUT2D eigenvalue weighted by Crippen LogP contribution is -2.33.